The summed E-state index contributed by atoms with van der Waals surface area (Å²) in [6, 6.07) is 0. The van der Waals surface area contributed by atoms with Gasteiger partial charge in [-0.25, -0.2) is 4.79 Å². The summed E-state index contributed by atoms with van der Waals surface area (Å²) in [7, 11) is 1.99. The van der Waals surface area contributed by atoms with E-state index in [2.05, 4.69) is 17.6 Å². The number of aliphatic hydroxyl groups excluding tert-OH is 1. The number of carbonyl (C=O) groups is 3. The lowest BCUT2D eigenvalue weighted by molar-refractivity contribution is -0.699. The molecule has 9 heteroatoms. The highest BCUT2D eigenvalue weighted by molar-refractivity contribution is 6.23. The molecule has 4 fully saturated rings. The van der Waals surface area contributed by atoms with Gasteiger partial charge in [0.1, 0.15) is 6.17 Å². The second-order valence-corrected chi connectivity index (χ2v) is 12.9. The maximum atomic E-state index is 14.1. The molecule has 7 unspecified atom stereocenters. The molecule has 2 heterocycles. The number of aliphatic hydroxyl groups is 1. The summed E-state index contributed by atoms with van der Waals surface area (Å²) < 4.78 is 12.0. The Hall–Kier alpha value is -1.65. The number of piperidine rings is 1. The minimum absolute atomic E-state index is 0.0676. The van der Waals surface area contributed by atoms with Crippen LogP contribution in [0.4, 0.5) is 0 Å². The van der Waals surface area contributed by atoms with Crippen molar-refractivity contribution in [3.05, 3.63) is 11.1 Å². The maximum Gasteiger partial charge on any atom is 0.350 e. The first-order valence-corrected chi connectivity index (χ1v) is 15.8. The zero-order chi connectivity index (χ0) is 28.9. The lowest BCUT2D eigenvalue weighted by Crippen LogP contribution is -2.94. The number of fused-ring (bicyclic) bond motifs is 2. The van der Waals surface area contributed by atoms with E-state index in [9.17, 15) is 19.5 Å². The van der Waals surface area contributed by atoms with E-state index in [1.54, 1.807) is 0 Å². The van der Waals surface area contributed by atoms with Crippen LogP contribution < -0.4 is 16.4 Å². The minimum atomic E-state index is -1.87. The number of ketones is 2. The van der Waals surface area contributed by atoms with E-state index in [0.717, 1.165) is 76.5 Å². The summed E-state index contributed by atoms with van der Waals surface area (Å²) in [6.07, 6.45) is 10.1. The largest absolute Gasteiger partial charge is 0.463 e. The average Bonchev–Trinajstić information content (AvgIpc) is 3.66. The van der Waals surface area contributed by atoms with Crippen molar-refractivity contribution in [3.8, 4) is 0 Å². The fraction of sp³-hybridized carbons (Fsp3) is 0.839. The fourth-order valence-corrected chi connectivity index (χ4v) is 7.62. The lowest BCUT2D eigenvalue weighted by Gasteiger charge is -2.37. The molecule has 4 aliphatic rings. The van der Waals surface area contributed by atoms with Crippen molar-refractivity contribution in [2.45, 2.75) is 108 Å². The number of epoxide rings is 1. The van der Waals surface area contributed by atoms with Crippen LogP contribution in [-0.4, -0.2) is 73.4 Å². The molecule has 0 aromatic heterocycles. The quantitative estimate of drug-likeness (QED) is 0.105. The molecule has 4 rings (SSSR count). The number of unbranched alkanes of at least 4 members (excludes halogenated alkanes) is 1. The predicted octanol–water partition coefficient (Wildman–Crippen LogP) is 0.733. The number of esters is 1. The Kier molecular flexibility index (Phi) is 10.6. The summed E-state index contributed by atoms with van der Waals surface area (Å²) >= 11 is 0. The van der Waals surface area contributed by atoms with E-state index in [4.69, 9.17) is 15.2 Å². The average molecular weight is 564 g/mol. The normalized spacial score (nSPS) is 34.9. The summed E-state index contributed by atoms with van der Waals surface area (Å²) in [4.78, 5) is 41.8. The van der Waals surface area contributed by atoms with Crippen LogP contribution in [0.5, 0.6) is 0 Å². The molecule has 0 spiro atoms. The highest BCUT2D eigenvalue weighted by Crippen LogP contribution is 2.62. The summed E-state index contributed by atoms with van der Waals surface area (Å²) in [5.74, 6) is -1.34. The molecule has 226 valence electrons. The Balaban J connectivity index is 1.55. The van der Waals surface area contributed by atoms with Gasteiger partial charge in [0.05, 0.1) is 33.4 Å². The van der Waals surface area contributed by atoms with Crippen LogP contribution >= 0.6 is 0 Å². The third-order valence-electron chi connectivity index (χ3n) is 10.1. The minimum Gasteiger partial charge on any atom is -0.463 e. The fourth-order valence-electron chi connectivity index (χ4n) is 7.62. The van der Waals surface area contributed by atoms with Gasteiger partial charge in [-0.05, 0) is 56.9 Å². The smallest absolute Gasteiger partial charge is 0.350 e. The molecule has 0 radical (unpaired) electrons. The molecular formula is C31H53N3O6+2. The van der Waals surface area contributed by atoms with Crippen molar-refractivity contribution in [1.82, 2.24) is 0 Å². The number of rotatable bonds is 14. The number of allylic oxidation sites excluding steroid dienone is 1. The topological polar surface area (TPSA) is 152 Å². The van der Waals surface area contributed by atoms with Gasteiger partial charge >= 0.3 is 5.97 Å². The molecule has 40 heavy (non-hydrogen) atoms. The van der Waals surface area contributed by atoms with Gasteiger partial charge in [-0.3, -0.25) is 15.3 Å². The Bertz CT molecular complexity index is 969. The van der Waals surface area contributed by atoms with Gasteiger partial charge in [-0.1, -0.05) is 38.2 Å². The molecule has 9 nitrogen and oxygen atoms in total. The number of hydrogen-bond acceptors (Lipinski definition) is 7. The Morgan fingerprint density at radius 3 is 2.60 bits per heavy atom. The zero-order valence-electron chi connectivity index (χ0n) is 24.9. The van der Waals surface area contributed by atoms with E-state index in [0.29, 0.717) is 24.3 Å². The third-order valence-corrected chi connectivity index (χ3v) is 10.1. The standard InChI is InChI=1S/C31H51N3O6/c1-4-5-8-22(17-33-3)19-39-29(38)31-28(37)25-10-7-6-9-24(25)27(36)30(31,40-31)16-23(18-35)20(2)11-12-21-13-14-34-26(32)15-21/h21-22,24-26,33-35H,4-19,32H2,1-3H3/p+2. The number of carbonyl (C=O) groups excluding carboxylic acids is 3. The molecule has 0 amide bonds. The first-order valence-electron chi connectivity index (χ1n) is 15.8. The highest BCUT2D eigenvalue weighted by atomic mass is 16.7. The van der Waals surface area contributed by atoms with Crippen LogP contribution in [0.15, 0.2) is 11.1 Å². The Morgan fingerprint density at radius 2 is 1.95 bits per heavy atom. The van der Waals surface area contributed by atoms with Gasteiger partial charge in [-0.15, -0.1) is 0 Å². The number of hydrogen-bond donors (Lipinski definition) is 4. The predicted molar refractivity (Wildman–Crippen MR) is 150 cm³/mol. The first kappa shape index (κ1) is 31.3. The van der Waals surface area contributed by atoms with Crippen molar-refractivity contribution < 1.29 is 39.6 Å². The SMILES string of the molecule is CCCCC(C[NH2+]C)COC(=O)C12OC1(CC(CO)=C(C)CCC1CC[NH2+]C(N)C1)C(=O)C1CCCCC1C2=O. The van der Waals surface area contributed by atoms with E-state index < -0.39 is 29.0 Å². The van der Waals surface area contributed by atoms with Gasteiger partial charge in [0.15, 0.2) is 17.2 Å². The van der Waals surface area contributed by atoms with Crippen molar-refractivity contribution in [2.75, 3.05) is 33.4 Å². The van der Waals surface area contributed by atoms with E-state index in [1.807, 2.05) is 14.0 Å². The van der Waals surface area contributed by atoms with Gasteiger partial charge in [0, 0.05) is 30.6 Å². The van der Waals surface area contributed by atoms with Crippen LogP contribution in [0.3, 0.4) is 0 Å². The Morgan fingerprint density at radius 1 is 1.23 bits per heavy atom. The molecule has 0 aromatic rings. The summed E-state index contributed by atoms with van der Waals surface area (Å²) in [6.45, 7) is 5.94. The molecule has 0 bridgehead atoms. The summed E-state index contributed by atoms with van der Waals surface area (Å²) in [5.41, 5.74) is 4.40. The van der Waals surface area contributed by atoms with Crippen LogP contribution in [-0.2, 0) is 23.9 Å². The van der Waals surface area contributed by atoms with E-state index in [-0.39, 0.29) is 43.3 Å². The molecule has 2 aliphatic heterocycles. The van der Waals surface area contributed by atoms with Crippen LogP contribution in [0.1, 0.15) is 90.9 Å². The molecule has 2 saturated heterocycles. The van der Waals surface area contributed by atoms with Gasteiger partial charge in [0.2, 0.25) is 0 Å². The molecule has 0 aromatic carbocycles. The van der Waals surface area contributed by atoms with Crippen LogP contribution in [0, 0.1) is 23.7 Å². The molecule has 7 atom stereocenters. The second-order valence-electron chi connectivity index (χ2n) is 12.9. The second kappa shape index (κ2) is 13.6. The Labute approximate surface area is 239 Å². The van der Waals surface area contributed by atoms with Gasteiger partial charge < -0.3 is 25.2 Å². The number of nitrogens with two attached hydrogens (primary N) is 3. The van der Waals surface area contributed by atoms with Crippen LogP contribution in [0.2, 0.25) is 0 Å². The van der Waals surface area contributed by atoms with Crippen molar-refractivity contribution in [1.29, 1.82) is 0 Å². The number of ether oxygens (including phenoxy) is 2. The van der Waals surface area contributed by atoms with E-state index >= 15 is 0 Å². The van der Waals surface area contributed by atoms with Crippen molar-refractivity contribution in [2.24, 2.45) is 29.4 Å². The number of Topliss-reactive ketones (excluding diaryl/α,β-unsaturated/α-hetero) is 2. The maximum absolute atomic E-state index is 14.1. The zero-order valence-corrected chi connectivity index (χ0v) is 24.9. The lowest BCUT2D eigenvalue weighted by atomic mass is 9.60. The van der Waals surface area contributed by atoms with Crippen molar-refractivity contribution >= 4 is 17.5 Å². The van der Waals surface area contributed by atoms with E-state index in [1.165, 1.54) is 0 Å². The van der Waals surface area contributed by atoms with Crippen molar-refractivity contribution in [3.63, 3.8) is 0 Å². The monoisotopic (exact) mass is 563 g/mol. The molecule has 2 saturated carbocycles. The third kappa shape index (κ3) is 6.09. The molecular weight excluding hydrogens is 510 g/mol. The van der Waals surface area contributed by atoms with Gasteiger partial charge in [0.25, 0.3) is 5.60 Å². The van der Waals surface area contributed by atoms with Gasteiger partial charge in [-0.2, -0.15) is 0 Å². The molecule has 7 N–H and O–H groups in total. The molecule has 2 aliphatic carbocycles. The van der Waals surface area contributed by atoms with Crippen LogP contribution in [0.25, 0.3) is 0 Å². The summed E-state index contributed by atoms with van der Waals surface area (Å²) in [5, 5.41) is 14.7. The number of quaternary nitrogens is 2. The highest BCUT2D eigenvalue weighted by Gasteiger charge is 2.87. The first-order chi connectivity index (χ1) is 19.2.